The van der Waals surface area contributed by atoms with Crippen LogP contribution in [0.4, 0.5) is 11.5 Å². The first-order valence-corrected chi connectivity index (χ1v) is 12.4. The van der Waals surface area contributed by atoms with Crippen LogP contribution in [0, 0.1) is 11.3 Å². The lowest BCUT2D eigenvalue weighted by molar-refractivity contribution is 0.263. The van der Waals surface area contributed by atoms with Gasteiger partial charge in [0.25, 0.3) is 0 Å². The molecule has 3 aromatic heterocycles. The van der Waals surface area contributed by atoms with Gasteiger partial charge in [0.1, 0.15) is 23.5 Å². The highest BCUT2D eigenvalue weighted by Crippen LogP contribution is 2.28. The van der Waals surface area contributed by atoms with E-state index in [1.807, 2.05) is 47.1 Å². The molecule has 10 heteroatoms. The van der Waals surface area contributed by atoms with Gasteiger partial charge in [0.15, 0.2) is 0 Å². The first-order chi connectivity index (χ1) is 18.2. The van der Waals surface area contributed by atoms with Gasteiger partial charge in [0.2, 0.25) is 0 Å². The number of aliphatic hydroxyl groups excluding tert-OH is 1. The summed E-state index contributed by atoms with van der Waals surface area (Å²) in [5.41, 5.74) is 8.98. The van der Waals surface area contributed by atoms with E-state index in [2.05, 4.69) is 47.8 Å². The predicted molar refractivity (Wildman–Crippen MR) is 146 cm³/mol. The summed E-state index contributed by atoms with van der Waals surface area (Å²) in [5.74, 6) is 1.28. The van der Waals surface area contributed by atoms with Gasteiger partial charge in [-0.3, -0.25) is 4.40 Å². The molecule has 4 aromatic rings. The molecule has 1 saturated heterocycles. The molecule has 1 aliphatic heterocycles. The standard InChI is InChI=1S/C27H31N9O/c1-29-34-24(14-28)21-4-2-19(3-5-21)15-30-26-13-23(32-18-33-26)25-16-31-27-12-22(7-10-36(25)27)35-9-6-20(17-35)8-11-37/h2-5,7,10,12-14,16,18,20,28-29,37H,6,8-9,11,15,17H2,1H3,(H,30,32,33)/b28-14?,34-24+. The van der Waals surface area contributed by atoms with E-state index in [9.17, 15) is 5.11 Å². The van der Waals surface area contributed by atoms with Crippen molar-refractivity contribution in [3.8, 4) is 11.4 Å². The van der Waals surface area contributed by atoms with Crippen molar-refractivity contribution in [2.75, 3.05) is 37.0 Å². The van der Waals surface area contributed by atoms with Crippen LogP contribution in [-0.4, -0.2) is 63.1 Å². The number of anilines is 2. The third-order valence-electron chi connectivity index (χ3n) is 6.71. The van der Waals surface area contributed by atoms with E-state index < -0.39 is 0 Å². The number of aromatic nitrogens is 4. The van der Waals surface area contributed by atoms with Crippen LogP contribution in [0.3, 0.4) is 0 Å². The number of rotatable bonds is 10. The van der Waals surface area contributed by atoms with Gasteiger partial charge in [-0.05, 0) is 30.4 Å². The molecular weight excluding hydrogens is 466 g/mol. The van der Waals surface area contributed by atoms with Gasteiger partial charge in [0, 0.05) is 69.1 Å². The second-order valence-electron chi connectivity index (χ2n) is 9.07. The van der Waals surface area contributed by atoms with E-state index in [0.717, 1.165) is 65.6 Å². The number of hydrogen-bond donors (Lipinski definition) is 4. The second-order valence-corrected chi connectivity index (χ2v) is 9.07. The van der Waals surface area contributed by atoms with E-state index in [0.29, 0.717) is 18.2 Å². The average Bonchev–Trinajstić information content (AvgIpc) is 3.58. The molecule has 1 aromatic carbocycles. The van der Waals surface area contributed by atoms with Crippen LogP contribution in [0.5, 0.6) is 0 Å². The normalized spacial score (nSPS) is 15.8. The Hall–Kier alpha value is -4.31. The summed E-state index contributed by atoms with van der Waals surface area (Å²) in [6, 6.07) is 14.1. The Morgan fingerprint density at radius 3 is 2.84 bits per heavy atom. The first-order valence-electron chi connectivity index (χ1n) is 12.4. The summed E-state index contributed by atoms with van der Waals surface area (Å²) < 4.78 is 2.04. The van der Waals surface area contributed by atoms with Gasteiger partial charge in [-0.2, -0.15) is 5.10 Å². The lowest BCUT2D eigenvalue weighted by Gasteiger charge is -2.18. The maximum Gasteiger partial charge on any atom is 0.139 e. The number of pyridine rings is 1. The number of imidazole rings is 1. The van der Waals surface area contributed by atoms with Crippen LogP contribution in [0.15, 0.2) is 66.3 Å². The molecule has 0 amide bonds. The maximum atomic E-state index is 9.24. The minimum absolute atomic E-state index is 0.252. The molecular formula is C27H31N9O. The molecule has 5 rings (SSSR count). The predicted octanol–water partition coefficient (Wildman–Crippen LogP) is 3.19. The fourth-order valence-corrected chi connectivity index (χ4v) is 4.72. The number of hydrazone groups is 1. The summed E-state index contributed by atoms with van der Waals surface area (Å²) in [7, 11) is 1.71. The van der Waals surface area contributed by atoms with Gasteiger partial charge in [-0.1, -0.05) is 24.3 Å². The van der Waals surface area contributed by atoms with Gasteiger partial charge in [-0.25, -0.2) is 15.0 Å². The highest BCUT2D eigenvalue weighted by atomic mass is 16.3. The van der Waals surface area contributed by atoms with Crippen molar-refractivity contribution in [2.45, 2.75) is 19.4 Å². The molecule has 10 nitrogen and oxygen atoms in total. The summed E-state index contributed by atoms with van der Waals surface area (Å²) >= 11 is 0. The van der Waals surface area contributed by atoms with Crippen molar-refractivity contribution in [2.24, 2.45) is 11.0 Å². The van der Waals surface area contributed by atoms with Crippen LogP contribution < -0.4 is 15.6 Å². The van der Waals surface area contributed by atoms with E-state index in [1.54, 1.807) is 13.4 Å². The minimum atomic E-state index is 0.252. The number of nitrogens with zero attached hydrogens (tertiary/aromatic N) is 6. The second kappa shape index (κ2) is 11.2. The van der Waals surface area contributed by atoms with E-state index >= 15 is 0 Å². The molecule has 1 aliphatic rings. The lowest BCUT2D eigenvalue weighted by Crippen LogP contribution is -2.20. The molecule has 0 aliphatic carbocycles. The van der Waals surface area contributed by atoms with Crippen molar-refractivity contribution >= 4 is 29.1 Å². The Kier molecular flexibility index (Phi) is 7.36. The average molecular weight is 498 g/mol. The van der Waals surface area contributed by atoms with E-state index in [1.165, 1.54) is 6.21 Å². The fourth-order valence-electron chi connectivity index (χ4n) is 4.72. The SMILES string of the molecule is CN/N=C(\C=N)c1ccc(CNc2cc(-c3cnc4cc(N5CCC(CCO)C5)ccn34)ncn2)cc1. The first kappa shape index (κ1) is 24.4. The smallest absolute Gasteiger partial charge is 0.139 e. The van der Waals surface area contributed by atoms with E-state index in [4.69, 9.17) is 5.41 Å². The number of benzene rings is 1. The van der Waals surface area contributed by atoms with Crippen LogP contribution in [0.1, 0.15) is 24.0 Å². The zero-order chi connectivity index (χ0) is 25.6. The van der Waals surface area contributed by atoms with Crippen molar-refractivity contribution in [3.63, 3.8) is 0 Å². The summed E-state index contributed by atoms with van der Waals surface area (Å²) in [5, 5.41) is 24.2. The quantitative estimate of drug-likeness (QED) is 0.196. The van der Waals surface area contributed by atoms with Gasteiger partial charge >= 0.3 is 0 Å². The van der Waals surface area contributed by atoms with Crippen molar-refractivity contribution < 1.29 is 5.11 Å². The molecule has 0 spiro atoms. The maximum absolute atomic E-state index is 9.24. The third kappa shape index (κ3) is 5.44. The molecule has 0 saturated carbocycles. The third-order valence-corrected chi connectivity index (χ3v) is 6.71. The summed E-state index contributed by atoms with van der Waals surface area (Å²) in [6.07, 6.45) is 8.65. The minimum Gasteiger partial charge on any atom is -0.396 e. The molecule has 1 unspecified atom stereocenters. The number of hydrogen-bond acceptors (Lipinski definition) is 9. The van der Waals surface area contributed by atoms with Gasteiger partial charge in [-0.15, -0.1) is 0 Å². The highest BCUT2D eigenvalue weighted by molar-refractivity contribution is 6.37. The molecule has 37 heavy (non-hydrogen) atoms. The Bertz CT molecular complexity index is 1400. The van der Waals surface area contributed by atoms with Crippen molar-refractivity contribution in [1.82, 2.24) is 24.8 Å². The number of fused-ring (bicyclic) bond motifs is 1. The van der Waals surface area contributed by atoms with Gasteiger partial charge < -0.3 is 26.2 Å². The molecule has 4 N–H and O–H groups in total. The molecule has 1 fully saturated rings. The van der Waals surface area contributed by atoms with Gasteiger partial charge in [0.05, 0.1) is 17.6 Å². The number of aliphatic hydroxyl groups is 1. The Morgan fingerprint density at radius 1 is 1.19 bits per heavy atom. The Morgan fingerprint density at radius 2 is 2.05 bits per heavy atom. The Labute approximate surface area is 215 Å². The highest BCUT2D eigenvalue weighted by Gasteiger charge is 2.22. The molecule has 0 radical (unpaired) electrons. The Balaban J connectivity index is 1.28. The van der Waals surface area contributed by atoms with Crippen molar-refractivity contribution in [1.29, 1.82) is 5.41 Å². The zero-order valence-electron chi connectivity index (χ0n) is 20.8. The number of nitrogens with one attached hydrogen (secondary N) is 3. The zero-order valence-corrected chi connectivity index (χ0v) is 20.8. The molecule has 190 valence electrons. The van der Waals surface area contributed by atoms with Crippen LogP contribution in [0.2, 0.25) is 0 Å². The summed E-state index contributed by atoms with van der Waals surface area (Å²) in [4.78, 5) is 15.9. The topological polar surface area (TPSA) is 127 Å². The largest absolute Gasteiger partial charge is 0.396 e. The molecule has 4 heterocycles. The molecule has 1 atom stereocenters. The monoisotopic (exact) mass is 497 g/mol. The summed E-state index contributed by atoms with van der Waals surface area (Å²) in [6.45, 7) is 2.83. The van der Waals surface area contributed by atoms with Crippen LogP contribution in [-0.2, 0) is 6.54 Å². The van der Waals surface area contributed by atoms with Crippen LogP contribution in [0.25, 0.3) is 17.0 Å². The molecule has 0 bridgehead atoms. The van der Waals surface area contributed by atoms with E-state index in [-0.39, 0.29) is 6.61 Å². The lowest BCUT2D eigenvalue weighted by atomic mass is 10.1. The van der Waals surface area contributed by atoms with Crippen LogP contribution >= 0.6 is 0 Å². The van der Waals surface area contributed by atoms with Crippen molar-refractivity contribution in [3.05, 3.63) is 72.3 Å². The fraction of sp³-hybridized carbons (Fsp3) is 0.296.